The van der Waals surface area contributed by atoms with E-state index in [-0.39, 0.29) is 0 Å². The quantitative estimate of drug-likeness (QED) is 0.671. The third-order valence-corrected chi connectivity index (χ3v) is 2.81. The molecule has 0 aliphatic rings. The van der Waals surface area contributed by atoms with Crippen LogP contribution in [0.4, 0.5) is 0 Å². The van der Waals surface area contributed by atoms with Crippen molar-refractivity contribution in [2.45, 2.75) is 0 Å². The average Bonchev–Trinajstić information content (AvgIpc) is 2.46. The molecule has 0 amide bonds. The molecule has 2 nitrogen and oxygen atoms in total. The Hall–Kier alpha value is -2.48. The fourth-order valence-electron chi connectivity index (χ4n) is 1.90. The second-order valence-electron chi connectivity index (χ2n) is 4.09. The van der Waals surface area contributed by atoms with E-state index in [0.717, 1.165) is 5.69 Å². The van der Waals surface area contributed by atoms with E-state index in [1.165, 1.54) is 16.3 Å². The number of fused-ring (bicyclic) bond motifs is 1. The van der Waals surface area contributed by atoms with Gasteiger partial charge in [0.1, 0.15) is 0 Å². The fraction of sp³-hybridized carbons (Fsp3) is 0. The minimum Gasteiger partial charge on any atom is -0.159 e. The summed E-state index contributed by atoms with van der Waals surface area (Å²) in [6.07, 6.45) is 5.70. The largest absolute Gasteiger partial charge is 0.159 e. The highest BCUT2D eigenvalue weighted by atomic mass is 15.1. The Balaban J connectivity index is 1.93. The molecule has 0 saturated carbocycles. The van der Waals surface area contributed by atoms with Crippen molar-refractivity contribution in [3.05, 3.63) is 72.1 Å². The van der Waals surface area contributed by atoms with Crippen molar-refractivity contribution >= 4 is 22.9 Å². The summed E-state index contributed by atoms with van der Waals surface area (Å²) in [7, 11) is 0. The molecular formula is C16H12N2. The molecule has 18 heavy (non-hydrogen) atoms. The highest BCUT2D eigenvalue weighted by Crippen LogP contribution is 2.17. The van der Waals surface area contributed by atoms with Gasteiger partial charge in [0, 0.05) is 6.20 Å². The molecule has 0 saturated heterocycles. The minimum atomic E-state index is 0.866. The van der Waals surface area contributed by atoms with Crippen molar-refractivity contribution in [1.82, 2.24) is 10.2 Å². The SMILES string of the molecule is C(=C\c1cccnn1)/c1ccc2ccccc2c1. The smallest absolute Gasteiger partial charge is 0.0857 e. The van der Waals surface area contributed by atoms with Crippen LogP contribution in [0.3, 0.4) is 0 Å². The first kappa shape index (κ1) is 10.7. The third kappa shape index (κ3) is 2.28. The maximum Gasteiger partial charge on any atom is 0.0857 e. The predicted molar refractivity (Wildman–Crippen MR) is 74.9 cm³/mol. The van der Waals surface area contributed by atoms with E-state index in [4.69, 9.17) is 0 Å². The van der Waals surface area contributed by atoms with Gasteiger partial charge in [-0.2, -0.15) is 10.2 Å². The molecule has 2 aromatic carbocycles. The predicted octanol–water partition coefficient (Wildman–Crippen LogP) is 3.80. The van der Waals surface area contributed by atoms with Crippen LogP contribution in [0.1, 0.15) is 11.3 Å². The topological polar surface area (TPSA) is 25.8 Å². The molecule has 3 aromatic rings. The van der Waals surface area contributed by atoms with E-state index >= 15 is 0 Å². The molecular weight excluding hydrogens is 220 g/mol. The van der Waals surface area contributed by atoms with Gasteiger partial charge < -0.3 is 0 Å². The first-order valence-corrected chi connectivity index (χ1v) is 5.86. The normalized spacial score (nSPS) is 11.1. The lowest BCUT2D eigenvalue weighted by Crippen LogP contribution is -1.82. The van der Waals surface area contributed by atoms with Crippen molar-refractivity contribution in [2.24, 2.45) is 0 Å². The first-order chi connectivity index (χ1) is 8.92. The van der Waals surface area contributed by atoms with Crippen LogP contribution in [0.5, 0.6) is 0 Å². The van der Waals surface area contributed by atoms with E-state index < -0.39 is 0 Å². The molecule has 0 N–H and O–H groups in total. The maximum absolute atomic E-state index is 4.02. The fourth-order valence-corrected chi connectivity index (χ4v) is 1.90. The standard InChI is InChI=1S/C16H12N2/c1-2-5-15-12-13(7-9-14(15)4-1)8-10-16-6-3-11-17-18-16/h1-12H/b10-8+. The molecule has 0 aliphatic heterocycles. The second kappa shape index (κ2) is 4.80. The van der Waals surface area contributed by atoms with Gasteiger partial charge >= 0.3 is 0 Å². The van der Waals surface area contributed by atoms with E-state index in [1.54, 1.807) is 6.20 Å². The monoisotopic (exact) mass is 232 g/mol. The first-order valence-electron chi connectivity index (χ1n) is 5.86. The number of benzene rings is 2. The highest BCUT2D eigenvalue weighted by molar-refractivity contribution is 5.85. The van der Waals surface area contributed by atoms with Crippen LogP contribution in [-0.4, -0.2) is 10.2 Å². The van der Waals surface area contributed by atoms with E-state index in [1.807, 2.05) is 18.2 Å². The van der Waals surface area contributed by atoms with Gasteiger partial charge in [0.2, 0.25) is 0 Å². The molecule has 0 spiro atoms. The molecule has 2 heteroatoms. The zero-order chi connectivity index (χ0) is 12.2. The molecule has 1 aromatic heterocycles. The van der Waals surface area contributed by atoms with Gasteiger partial charge in [-0.3, -0.25) is 0 Å². The molecule has 86 valence electrons. The van der Waals surface area contributed by atoms with Crippen LogP contribution in [0, 0.1) is 0 Å². The third-order valence-electron chi connectivity index (χ3n) is 2.81. The summed E-state index contributed by atoms with van der Waals surface area (Å²) in [5.41, 5.74) is 2.03. The minimum absolute atomic E-state index is 0.866. The number of rotatable bonds is 2. The van der Waals surface area contributed by atoms with Crippen LogP contribution >= 0.6 is 0 Å². The Morgan fingerprint density at radius 1 is 0.778 bits per heavy atom. The Labute approximate surface area is 106 Å². The molecule has 1 heterocycles. The van der Waals surface area contributed by atoms with Crippen molar-refractivity contribution < 1.29 is 0 Å². The molecule has 3 rings (SSSR count). The number of aromatic nitrogens is 2. The summed E-state index contributed by atoms with van der Waals surface area (Å²) < 4.78 is 0. The zero-order valence-corrected chi connectivity index (χ0v) is 9.82. The molecule has 0 bridgehead atoms. The van der Waals surface area contributed by atoms with E-state index in [0.29, 0.717) is 0 Å². The van der Waals surface area contributed by atoms with Crippen molar-refractivity contribution in [3.8, 4) is 0 Å². The van der Waals surface area contributed by atoms with Gasteiger partial charge in [-0.1, -0.05) is 42.5 Å². The van der Waals surface area contributed by atoms with Gasteiger partial charge in [0.15, 0.2) is 0 Å². The summed E-state index contributed by atoms with van der Waals surface area (Å²) >= 11 is 0. The van der Waals surface area contributed by atoms with Crippen molar-refractivity contribution in [1.29, 1.82) is 0 Å². The lowest BCUT2D eigenvalue weighted by molar-refractivity contribution is 1.02. The van der Waals surface area contributed by atoms with Gasteiger partial charge in [-0.15, -0.1) is 0 Å². The Morgan fingerprint density at radius 2 is 1.67 bits per heavy atom. The van der Waals surface area contributed by atoms with Crippen LogP contribution in [-0.2, 0) is 0 Å². The van der Waals surface area contributed by atoms with Crippen LogP contribution in [0.25, 0.3) is 22.9 Å². The molecule has 0 unspecified atom stereocenters. The van der Waals surface area contributed by atoms with Crippen molar-refractivity contribution in [3.63, 3.8) is 0 Å². The lowest BCUT2D eigenvalue weighted by Gasteiger charge is -1.99. The van der Waals surface area contributed by atoms with Crippen LogP contribution < -0.4 is 0 Å². The Kier molecular flexibility index (Phi) is 2.84. The summed E-state index contributed by atoms with van der Waals surface area (Å²) in [5, 5.41) is 10.4. The number of nitrogens with zero attached hydrogens (tertiary/aromatic N) is 2. The molecule has 0 radical (unpaired) electrons. The maximum atomic E-state index is 4.02. The highest BCUT2D eigenvalue weighted by Gasteiger charge is 1.93. The Bertz CT molecular complexity index is 688. The van der Waals surface area contributed by atoms with Gasteiger partial charge in [-0.05, 0) is 40.6 Å². The zero-order valence-electron chi connectivity index (χ0n) is 9.82. The lowest BCUT2D eigenvalue weighted by atomic mass is 10.1. The summed E-state index contributed by atoms with van der Waals surface area (Å²) in [4.78, 5) is 0. The average molecular weight is 232 g/mol. The van der Waals surface area contributed by atoms with Crippen LogP contribution in [0.2, 0.25) is 0 Å². The van der Waals surface area contributed by atoms with Gasteiger partial charge in [0.05, 0.1) is 5.69 Å². The van der Waals surface area contributed by atoms with Crippen LogP contribution in [0.15, 0.2) is 60.8 Å². The summed E-state index contributed by atoms with van der Waals surface area (Å²) in [6, 6.07) is 18.6. The van der Waals surface area contributed by atoms with Gasteiger partial charge in [-0.25, -0.2) is 0 Å². The van der Waals surface area contributed by atoms with E-state index in [9.17, 15) is 0 Å². The molecule has 0 aliphatic carbocycles. The summed E-state index contributed by atoms with van der Waals surface area (Å²) in [6.45, 7) is 0. The molecule has 0 atom stereocenters. The summed E-state index contributed by atoms with van der Waals surface area (Å²) in [5.74, 6) is 0. The number of hydrogen-bond donors (Lipinski definition) is 0. The van der Waals surface area contributed by atoms with E-state index in [2.05, 4.69) is 58.7 Å². The molecule has 0 fully saturated rings. The number of hydrogen-bond acceptors (Lipinski definition) is 2. The second-order valence-corrected chi connectivity index (χ2v) is 4.09. The Morgan fingerprint density at radius 3 is 2.50 bits per heavy atom. The van der Waals surface area contributed by atoms with Gasteiger partial charge in [0.25, 0.3) is 0 Å². The van der Waals surface area contributed by atoms with Crippen molar-refractivity contribution in [2.75, 3.05) is 0 Å².